The van der Waals surface area contributed by atoms with Gasteiger partial charge in [-0.1, -0.05) is 6.92 Å². The molecule has 0 unspecified atom stereocenters. The van der Waals surface area contributed by atoms with Gasteiger partial charge in [-0.3, -0.25) is 4.79 Å². The minimum Gasteiger partial charge on any atom is -0.477 e. The van der Waals surface area contributed by atoms with Gasteiger partial charge in [0.1, 0.15) is 11.3 Å². The number of rotatable bonds is 4. The molecule has 2 heterocycles. The van der Waals surface area contributed by atoms with Gasteiger partial charge in [0.2, 0.25) is 5.43 Å². The predicted molar refractivity (Wildman–Crippen MR) is 97.8 cm³/mol. The van der Waals surface area contributed by atoms with Gasteiger partial charge in [0.15, 0.2) is 11.6 Å². The van der Waals surface area contributed by atoms with Gasteiger partial charge in [0.25, 0.3) is 0 Å². The summed E-state index contributed by atoms with van der Waals surface area (Å²) in [5, 5.41) is 12.4. The van der Waals surface area contributed by atoms with Crippen LogP contribution in [0.2, 0.25) is 0 Å². The van der Waals surface area contributed by atoms with Crippen LogP contribution in [0, 0.1) is 11.6 Å². The quantitative estimate of drug-likeness (QED) is 0.855. The Bertz CT molecular complexity index is 992. The van der Waals surface area contributed by atoms with Crippen LogP contribution in [-0.4, -0.2) is 41.8 Å². The summed E-state index contributed by atoms with van der Waals surface area (Å²) in [6.45, 7) is 3.84. The number of aromatic nitrogens is 1. The van der Waals surface area contributed by atoms with Crippen LogP contribution >= 0.6 is 0 Å². The van der Waals surface area contributed by atoms with E-state index < -0.39 is 28.6 Å². The van der Waals surface area contributed by atoms with E-state index in [2.05, 4.69) is 5.32 Å². The van der Waals surface area contributed by atoms with Crippen molar-refractivity contribution >= 4 is 22.6 Å². The van der Waals surface area contributed by atoms with Crippen LogP contribution in [0.3, 0.4) is 0 Å². The molecule has 1 aromatic heterocycles. The maximum atomic E-state index is 15.6. The highest BCUT2D eigenvalue weighted by molar-refractivity contribution is 5.95. The molecule has 2 N–H and O–H groups in total. The number of aromatic carboxylic acids is 1. The van der Waals surface area contributed by atoms with E-state index >= 15 is 8.78 Å². The molecule has 144 valence electrons. The lowest BCUT2D eigenvalue weighted by Gasteiger charge is -2.31. The van der Waals surface area contributed by atoms with Gasteiger partial charge >= 0.3 is 5.97 Å². The monoisotopic (exact) mass is 377 g/mol. The largest absolute Gasteiger partial charge is 0.477 e. The molecule has 0 bridgehead atoms. The summed E-state index contributed by atoms with van der Waals surface area (Å²) in [7, 11) is 0. The molecule has 2 aliphatic rings. The first-order valence-electron chi connectivity index (χ1n) is 9.23. The fourth-order valence-electron chi connectivity index (χ4n) is 3.89. The minimum absolute atomic E-state index is 0.0271. The Morgan fingerprint density at radius 1 is 1.26 bits per heavy atom. The van der Waals surface area contributed by atoms with Gasteiger partial charge in [-0.05, 0) is 19.3 Å². The molecule has 1 saturated carbocycles. The molecule has 0 atom stereocenters. The molecule has 6 nitrogen and oxygen atoms in total. The minimum atomic E-state index is -1.38. The number of benzene rings is 1. The normalized spacial score (nSPS) is 17.5. The second-order valence-electron chi connectivity index (χ2n) is 7.08. The zero-order valence-electron chi connectivity index (χ0n) is 15.0. The fourth-order valence-corrected chi connectivity index (χ4v) is 3.89. The van der Waals surface area contributed by atoms with E-state index in [9.17, 15) is 14.7 Å². The van der Waals surface area contributed by atoms with Gasteiger partial charge in [-0.2, -0.15) is 0 Å². The summed E-state index contributed by atoms with van der Waals surface area (Å²) < 4.78 is 32.4. The zero-order chi connectivity index (χ0) is 19.3. The number of nitrogens with one attached hydrogen (secondary N) is 1. The van der Waals surface area contributed by atoms with Gasteiger partial charge in [0, 0.05) is 44.0 Å². The maximum Gasteiger partial charge on any atom is 0.341 e. The van der Waals surface area contributed by atoms with Crippen LogP contribution in [0.15, 0.2) is 11.0 Å². The molecule has 4 rings (SSSR count). The molecule has 1 aliphatic carbocycles. The molecule has 1 aromatic carbocycles. The Kier molecular flexibility index (Phi) is 4.38. The summed E-state index contributed by atoms with van der Waals surface area (Å²) in [5.74, 6) is -2.92. The average Bonchev–Trinajstić information content (AvgIpc) is 3.48. The number of carboxylic acid groups (broad SMARTS) is 1. The lowest BCUT2D eigenvalue weighted by Crippen LogP contribution is -2.44. The van der Waals surface area contributed by atoms with Crippen molar-refractivity contribution < 1.29 is 18.7 Å². The van der Waals surface area contributed by atoms with Crippen LogP contribution < -0.4 is 15.6 Å². The molecule has 0 radical (unpaired) electrons. The Labute approximate surface area is 154 Å². The van der Waals surface area contributed by atoms with E-state index in [-0.39, 0.29) is 34.6 Å². The molecular formula is C19H21F2N3O3. The number of fused-ring (bicyclic) bond motifs is 1. The summed E-state index contributed by atoms with van der Waals surface area (Å²) >= 11 is 0. The van der Waals surface area contributed by atoms with Gasteiger partial charge < -0.3 is 19.9 Å². The number of hydrogen-bond donors (Lipinski definition) is 2. The zero-order valence-corrected chi connectivity index (χ0v) is 15.0. The summed E-state index contributed by atoms with van der Waals surface area (Å²) in [6, 6.07) is -0.0632. The number of pyridine rings is 1. The number of nitrogens with zero attached hydrogens (tertiary/aromatic N) is 2. The van der Waals surface area contributed by atoms with E-state index in [1.54, 1.807) is 11.8 Å². The van der Waals surface area contributed by atoms with Crippen LogP contribution in [0.1, 0.15) is 41.7 Å². The van der Waals surface area contributed by atoms with Crippen molar-refractivity contribution in [1.82, 2.24) is 9.88 Å². The third-order valence-electron chi connectivity index (χ3n) is 5.38. The number of carbonyl (C=O) groups is 1. The molecule has 1 saturated heterocycles. The highest BCUT2D eigenvalue weighted by Gasteiger charge is 2.33. The molecule has 1 aliphatic heterocycles. The standard InChI is InChI=1S/C19H21F2N3O3/c1-2-11-13-16(15(21)17(14(11)20)23-7-5-22-6-8-23)24(10-3-4-10)9-12(18(13)25)19(26)27/h9-10,22H,2-8H2,1H3,(H,26,27). The van der Waals surface area contributed by atoms with E-state index in [1.807, 2.05) is 0 Å². The van der Waals surface area contributed by atoms with Crippen molar-refractivity contribution in [1.29, 1.82) is 0 Å². The Morgan fingerprint density at radius 3 is 2.48 bits per heavy atom. The lowest BCUT2D eigenvalue weighted by molar-refractivity contribution is 0.0695. The van der Waals surface area contributed by atoms with Crippen LogP contribution in [0.4, 0.5) is 14.5 Å². The summed E-state index contributed by atoms with van der Waals surface area (Å²) in [6.07, 6.45) is 2.94. The average molecular weight is 377 g/mol. The first-order valence-corrected chi connectivity index (χ1v) is 9.23. The maximum absolute atomic E-state index is 15.6. The van der Waals surface area contributed by atoms with Crippen LogP contribution in [0.25, 0.3) is 10.9 Å². The van der Waals surface area contributed by atoms with Crippen LogP contribution in [-0.2, 0) is 6.42 Å². The second kappa shape index (κ2) is 6.60. The Balaban J connectivity index is 2.12. The Morgan fingerprint density at radius 2 is 1.93 bits per heavy atom. The smallest absolute Gasteiger partial charge is 0.341 e. The SMILES string of the molecule is CCc1c(F)c(N2CCNCC2)c(F)c2c1c(=O)c(C(=O)O)cn2C1CC1. The topological polar surface area (TPSA) is 74.6 Å². The molecule has 2 aromatic rings. The van der Waals surface area contributed by atoms with Gasteiger partial charge in [0.05, 0.1) is 10.9 Å². The molecular weight excluding hydrogens is 356 g/mol. The lowest BCUT2D eigenvalue weighted by atomic mass is 9.99. The number of hydrogen-bond acceptors (Lipinski definition) is 4. The van der Waals surface area contributed by atoms with Crippen molar-refractivity contribution in [2.45, 2.75) is 32.2 Å². The van der Waals surface area contributed by atoms with Gasteiger partial charge in [-0.25, -0.2) is 13.6 Å². The van der Waals surface area contributed by atoms with Gasteiger partial charge in [-0.15, -0.1) is 0 Å². The first-order chi connectivity index (χ1) is 13.0. The van der Waals surface area contributed by atoms with Crippen molar-refractivity contribution in [3.63, 3.8) is 0 Å². The molecule has 0 amide bonds. The molecule has 8 heteroatoms. The third-order valence-corrected chi connectivity index (χ3v) is 5.38. The number of anilines is 1. The number of piperazine rings is 1. The molecule has 2 fully saturated rings. The number of aryl methyl sites for hydroxylation is 1. The van der Waals surface area contributed by atoms with E-state index in [1.165, 1.54) is 10.8 Å². The van der Waals surface area contributed by atoms with E-state index in [0.717, 1.165) is 12.8 Å². The third kappa shape index (κ3) is 2.79. The highest BCUT2D eigenvalue weighted by atomic mass is 19.1. The van der Waals surface area contributed by atoms with Crippen LogP contribution in [0.5, 0.6) is 0 Å². The summed E-state index contributed by atoms with van der Waals surface area (Å²) in [4.78, 5) is 26.0. The predicted octanol–water partition coefficient (Wildman–Crippen LogP) is 2.28. The Hall–Kier alpha value is -2.48. The highest BCUT2D eigenvalue weighted by Crippen LogP contribution is 2.41. The van der Waals surface area contributed by atoms with E-state index in [0.29, 0.717) is 26.2 Å². The second-order valence-corrected chi connectivity index (χ2v) is 7.08. The van der Waals surface area contributed by atoms with E-state index in [4.69, 9.17) is 0 Å². The molecule has 27 heavy (non-hydrogen) atoms. The van der Waals surface area contributed by atoms with Crippen molar-refractivity contribution in [2.24, 2.45) is 0 Å². The fraction of sp³-hybridized carbons (Fsp3) is 0.474. The first kappa shape index (κ1) is 17.9. The van der Waals surface area contributed by atoms with Crippen molar-refractivity contribution in [2.75, 3.05) is 31.1 Å². The van der Waals surface area contributed by atoms with Crippen molar-refractivity contribution in [3.8, 4) is 0 Å². The number of halogens is 2. The molecule has 0 spiro atoms. The number of carboxylic acids is 1. The summed E-state index contributed by atoms with van der Waals surface area (Å²) in [5.41, 5.74) is -1.27. The van der Waals surface area contributed by atoms with Crippen molar-refractivity contribution in [3.05, 3.63) is 39.2 Å².